The molecule has 5 heteroatoms. The van der Waals surface area contributed by atoms with E-state index in [4.69, 9.17) is 4.74 Å². The van der Waals surface area contributed by atoms with Gasteiger partial charge in [-0.3, -0.25) is 0 Å². The van der Waals surface area contributed by atoms with Crippen molar-refractivity contribution in [2.45, 2.75) is 38.0 Å². The SMILES string of the molecule is CC(NC(=O)NC(CN(C)C)c1ccccc1)C1CCCO1. The molecule has 0 spiro atoms. The van der Waals surface area contributed by atoms with Crippen LogP contribution in [0.25, 0.3) is 0 Å². The number of nitrogens with zero attached hydrogens (tertiary/aromatic N) is 1. The molecule has 2 rings (SSSR count). The van der Waals surface area contributed by atoms with E-state index in [1.54, 1.807) is 0 Å². The molecule has 0 saturated carbocycles. The maximum Gasteiger partial charge on any atom is 0.315 e. The minimum absolute atomic E-state index is 0.0262. The van der Waals surface area contributed by atoms with Crippen LogP contribution in [0, 0.1) is 0 Å². The summed E-state index contributed by atoms with van der Waals surface area (Å²) < 4.78 is 5.62. The summed E-state index contributed by atoms with van der Waals surface area (Å²) in [5.41, 5.74) is 1.11. The van der Waals surface area contributed by atoms with E-state index in [-0.39, 0.29) is 24.2 Å². The van der Waals surface area contributed by atoms with Crippen LogP contribution in [0.5, 0.6) is 0 Å². The average molecular weight is 305 g/mol. The van der Waals surface area contributed by atoms with Crippen molar-refractivity contribution in [2.75, 3.05) is 27.2 Å². The molecule has 3 atom stereocenters. The van der Waals surface area contributed by atoms with Crippen molar-refractivity contribution in [3.8, 4) is 0 Å². The van der Waals surface area contributed by atoms with Gasteiger partial charge < -0.3 is 20.3 Å². The van der Waals surface area contributed by atoms with Gasteiger partial charge in [0.05, 0.1) is 18.2 Å². The smallest absolute Gasteiger partial charge is 0.315 e. The quantitative estimate of drug-likeness (QED) is 0.847. The molecule has 0 aromatic heterocycles. The van der Waals surface area contributed by atoms with Crippen molar-refractivity contribution in [2.24, 2.45) is 0 Å². The molecule has 2 amide bonds. The molecule has 1 aliphatic heterocycles. The van der Waals surface area contributed by atoms with Gasteiger partial charge in [-0.05, 0) is 39.4 Å². The number of rotatable bonds is 6. The van der Waals surface area contributed by atoms with Gasteiger partial charge >= 0.3 is 6.03 Å². The van der Waals surface area contributed by atoms with Gasteiger partial charge in [0.2, 0.25) is 0 Å². The minimum atomic E-state index is -0.140. The number of hydrogen-bond donors (Lipinski definition) is 2. The zero-order valence-electron chi connectivity index (χ0n) is 13.7. The van der Waals surface area contributed by atoms with Crippen LogP contribution in [-0.4, -0.2) is 50.3 Å². The Bertz CT molecular complexity index is 458. The highest BCUT2D eigenvalue weighted by molar-refractivity contribution is 5.74. The lowest BCUT2D eigenvalue weighted by Crippen LogP contribution is -2.48. The fourth-order valence-electron chi connectivity index (χ4n) is 2.78. The van der Waals surface area contributed by atoms with Crippen LogP contribution in [0.3, 0.4) is 0 Å². The molecular weight excluding hydrogens is 278 g/mol. The summed E-state index contributed by atoms with van der Waals surface area (Å²) in [5, 5.41) is 6.07. The average Bonchev–Trinajstić information content (AvgIpc) is 3.01. The lowest BCUT2D eigenvalue weighted by atomic mass is 10.1. The van der Waals surface area contributed by atoms with Crippen LogP contribution in [0.2, 0.25) is 0 Å². The van der Waals surface area contributed by atoms with Crippen molar-refractivity contribution >= 4 is 6.03 Å². The number of carbonyl (C=O) groups is 1. The predicted molar refractivity (Wildman–Crippen MR) is 87.8 cm³/mol. The van der Waals surface area contributed by atoms with E-state index in [1.807, 2.05) is 51.4 Å². The zero-order chi connectivity index (χ0) is 15.9. The second-order valence-corrected chi connectivity index (χ2v) is 6.18. The van der Waals surface area contributed by atoms with E-state index in [0.29, 0.717) is 0 Å². The Labute approximate surface area is 133 Å². The Morgan fingerprint density at radius 3 is 2.64 bits per heavy atom. The Balaban J connectivity index is 1.92. The number of nitrogens with one attached hydrogen (secondary N) is 2. The van der Waals surface area contributed by atoms with Gasteiger partial charge in [-0.2, -0.15) is 0 Å². The standard InChI is InChI=1S/C17H27N3O2/c1-13(16-10-7-11-22-16)18-17(21)19-15(12-20(2)3)14-8-5-4-6-9-14/h4-6,8-9,13,15-16H,7,10-12H2,1-3H3,(H2,18,19,21). The first-order chi connectivity index (χ1) is 10.6. The molecule has 1 aromatic carbocycles. The normalized spacial score (nSPS) is 20.6. The van der Waals surface area contributed by atoms with Crippen molar-refractivity contribution in [1.29, 1.82) is 0 Å². The summed E-state index contributed by atoms with van der Waals surface area (Å²) in [6, 6.07) is 9.90. The summed E-state index contributed by atoms with van der Waals surface area (Å²) in [7, 11) is 4.01. The number of amides is 2. The molecule has 2 N–H and O–H groups in total. The molecule has 122 valence electrons. The van der Waals surface area contributed by atoms with Gasteiger partial charge in [0.25, 0.3) is 0 Å². The topological polar surface area (TPSA) is 53.6 Å². The number of carbonyl (C=O) groups excluding carboxylic acids is 1. The molecule has 3 unspecified atom stereocenters. The number of urea groups is 1. The van der Waals surface area contributed by atoms with Gasteiger partial charge in [0.15, 0.2) is 0 Å². The number of benzene rings is 1. The lowest BCUT2D eigenvalue weighted by molar-refractivity contribution is 0.0858. The van der Waals surface area contributed by atoms with Gasteiger partial charge in [0, 0.05) is 13.2 Å². The van der Waals surface area contributed by atoms with E-state index in [0.717, 1.165) is 31.6 Å². The van der Waals surface area contributed by atoms with Crippen LogP contribution < -0.4 is 10.6 Å². The molecule has 0 bridgehead atoms. The fraction of sp³-hybridized carbons (Fsp3) is 0.588. The second-order valence-electron chi connectivity index (χ2n) is 6.18. The summed E-state index contributed by atoms with van der Waals surface area (Å²) in [6.45, 7) is 3.55. The lowest BCUT2D eigenvalue weighted by Gasteiger charge is -2.25. The van der Waals surface area contributed by atoms with Crippen molar-refractivity contribution in [3.63, 3.8) is 0 Å². The molecular formula is C17H27N3O2. The molecule has 1 heterocycles. The second kappa shape index (κ2) is 8.15. The first-order valence-corrected chi connectivity index (χ1v) is 7.94. The number of hydrogen-bond acceptors (Lipinski definition) is 3. The van der Waals surface area contributed by atoms with E-state index in [2.05, 4.69) is 15.5 Å². The monoisotopic (exact) mass is 305 g/mol. The van der Waals surface area contributed by atoms with E-state index in [1.165, 1.54) is 0 Å². The molecule has 1 fully saturated rings. The zero-order valence-corrected chi connectivity index (χ0v) is 13.7. The van der Waals surface area contributed by atoms with Crippen LogP contribution in [-0.2, 0) is 4.74 Å². The van der Waals surface area contributed by atoms with Gasteiger partial charge in [-0.25, -0.2) is 4.79 Å². The Morgan fingerprint density at radius 1 is 1.32 bits per heavy atom. The van der Waals surface area contributed by atoms with Gasteiger partial charge in [-0.15, -0.1) is 0 Å². The van der Waals surface area contributed by atoms with Crippen LogP contribution in [0.15, 0.2) is 30.3 Å². The maximum atomic E-state index is 12.3. The van der Waals surface area contributed by atoms with E-state index >= 15 is 0 Å². The van der Waals surface area contributed by atoms with E-state index in [9.17, 15) is 4.79 Å². The molecule has 5 nitrogen and oxygen atoms in total. The first-order valence-electron chi connectivity index (χ1n) is 7.94. The van der Waals surface area contributed by atoms with Gasteiger partial charge in [-0.1, -0.05) is 30.3 Å². The van der Waals surface area contributed by atoms with Crippen molar-refractivity contribution in [1.82, 2.24) is 15.5 Å². The van der Waals surface area contributed by atoms with Crippen LogP contribution in [0.1, 0.15) is 31.4 Å². The molecule has 1 saturated heterocycles. The minimum Gasteiger partial charge on any atom is -0.376 e. The largest absolute Gasteiger partial charge is 0.376 e. The van der Waals surface area contributed by atoms with Gasteiger partial charge in [0.1, 0.15) is 0 Å². The molecule has 1 aliphatic rings. The summed E-state index contributed by atoms with van der Waals surface area (Å²) in [5.74, 6) is 0. The fourth-order valence-corrected chi connectivity index (χ4v) is 2.78. The highest BCUT2D eigenvalue weighted by Gasteiger charge is 2.24. The third kappa shape index (κ3) is 5.00. The molecule has 22 heavy (non-hydrogen) atoms. The van der Waals surface area contributed by atoms with Crippen molar-refractivity contribution in [3.05, 3.63) is 35.9 Å². The van der Waals surface area contributed by atoms with Crippen LogP contribution >= 0.6 is 0 Å². The van der Waals surface area contributed by atoms with Crippen LogP contribution in [0.4, 0.5) is 4.79 Å². The maximum absolute atomic E-state index is 12.3. The molecule has 0 aliphatic carbocycles. The summed E-state index contributed by atoms with van der Waals surface area (Å²) >= 11 is 0. The third-order valence-electron chi connectivity index (χ3n) is 3.94. The van der Waals surface area contributed by atoms with Crippen molar-refractivity contribution < 1.29 is 9.53 Å². The Morgan fingerprint density at radius 2 is 2.05 bits per heavy atom. The highest BCUT2D eigenvalue weighted by atomic mass is 16.5. The molecule has 1 aromatic rings. The van der Waals surface area contributed by atoms with E-state index < -0.39 is 0 Å². The Kier molecular flexibility index (Phi) is 6.21. The predicted octanol–water partition coefficient (Wildman–Crippen LogP) is 2.16. The Hall–Kier alpha value is -1.59. The molecule has 0 radical (unpaired) electrons. The third-order valence-corrected chi connectivity index (χ3v) is 3.94. The number of ether oxygens (including phenoxy) is 1. The highest BCUT2D eigenvalue weighted by Crippen LogP contribution is 2.16. The summed E-state index contributed by atoms with van der Waals surface area (Å²) in [4.78, 5) is 14.4. The summed E-state index contributed by atoms with van der Waals surface area (Å²) in [6.07, 6.45) is 2.22. The first kappa shape index (κ1) is 16.8. The number of likely N-dealkylation sites (N-methyl/N-ethyl adjacent to an activating group) is 1.